The second kappa shape index (κ2) is 3.91. The van der Waals surface area contributed by atoms with Gasteiger partial charge in [0.25, 0.3) is 0 Å². The van der Waals surface area contributed by atoms with E-state index in [-0.39, 0.29) is 11.8 Å². The molecule has 0 atom stereocenters. The average Bonchev–Trinajstić information content (AvgIpc) is 2.76. The Morgan fingerprint density at radius 3 is 2.94 bits per heavy atom. The van der Waals surface area contributed by atoms with Crippen molar-refractivity contribution >= 4 is 5.97 Å². The maximum Gasteiger partial charge on any atom is 0.337 e. The highest BCUT2D eigenvalue weighted by Crippen LogP contribution is 2.38. The van der Waals surface area contributed by atoms with Gasteiger partial charge < -0.3 is 4.74 Å². The van der Waals surface area contributed by atoms with Crippen LogP contribution in [0.15, 0.2) is 30.6 Å². The third-order valence-electron chi connectivity index (χ3n) is 3.15. The number of nitrogens with zero attached hydrogens (tertiary/aromatic N) is 1. The number of carbonyl (C=O) groups excluding carboxylic acids is 1. The normalized spacial score (nSPS) is 11.9. The molecule has 2 aromatic rings. The van der Waals surface area contributed by atoms with Crippen molar-refractivity contribution < 1.29 is 13.9 Å². The summed E-state index contributed by atoms with van der Waals surface area (Å²) in [4.78, 5) is 15.3. The third kappa shape index (κ3) is 1.49. The lowest BCUT2D eigenvalue weighted by molar-refractivity contribution is 0.0600. The molecule has 0 aliphatic heterocycles. The minimum Gasteiger partial charge on any atom is -0.465 e. The Bertz CT molecular complexity index is 652. The zero-order chi connectivity index (χ0) is 12.7. The topological polar surface area (TPSA) is 39.2 Å². The number of pyridine rings is 1. The molecule has 3 rings (SSSR count). The SMILES string of the molecule is COC(=O)c1ccc2c(c1)Cc1cncc(F)c1-2. The van der Waals surface area contributed by atoms with E-state index in [4.69, 9.17) is 0 Å². The van der Waals surface area contributed by atoms with Gasteiger partial charge in [0.1, 0.15) is 5.82 Å². The third-order valence-corrected chi connectivity index (χ3v) is 3.15. The van der Waals surface area contributed by atoms with Gasteiger partial charge in [-0.2, -0.15) is 0 Å². The summed E-state index contributed by atoms with van der Waals surface area (Å²) < 4.78 is 18.4. The molecule has 0 bridgehead atoms. The molecular formula is C14H10FNO2. The van der Waals surface area contributed by atoms with E-state index in [0.717, 1.165) is 16.7 Å². The second-order valence-electron chi connectivity index (χ2n) is 4.20. The van der Waals surface area contributed by atoms with Gasteiger partial charge >= 0.3 is 5.97 Å². The summed E-state index contributed by atoms with van der Waals surface area (Å²) in [5.41, 5.74) is 3.69. The summed E-state index contributed by atoms with van der Waals surface area (Å²) in [5, 5.41) is 0. The number of methoxy groups -OCH3 is 1. The lowest BCUT2D eigenvalue weighted by Gasteiger charge is -2.04. The number of hydrogen-bond donors (Lipinski definition) is 0. The largest absolute Gasteiger partial charge is 0.465 e. The molecule has 0 N–H and O–H groups in total. The highest BCUT2D eigenvalue weighted by molar-refractivity contribution is 5.91. The van der Waals surface area contributed by atoms with Gasteiger partial charge in [-0.25, -0.2) is 9.18 Å². The average molecular weight is 243 g/mol. The first kappa shape index (κ1) is 10.9. The Morgan fingerprint density at radius 1 is 1.33 bits per heavy atom. The zero-order valence-corrected chi connectivity index (χ0v) is 9.74. The van der Waals surface area contributed by atoms with E-state index in [1.165, 1.54) is 13.3 Å². The van der Waals surface area contributed by atoms with E-state index < -0.39 is 0 Å². The fourth-order valence-electron chi connectivity index (χ4n) is 2.34. The van der Waals surface area contributed by atoms with Crippen molar-refractivity contribution in [2.45, 2.75) is 6.42 Å². The molecule has 90 valence electrons. The molecule has 18 heavy (non-hydrogen) atoms. The molecule has 4 heteroatoms. The van der Waals surface area contributed by atoms with Crippen LogP contribution in [0.4, 0.5) is 4.39 Å². The summed E-state index contributed by atoms with van der Waals surface area (Å²) in [7, 11) is 1.34. The molecule has 1 aliphatic carbocycles. The summed E-state index contributed by atoms with van der Waals surface area (Å²) in [6, 6.07) is 5.16. The Balaban J connectivity index is 2.14. The Hall–Kier alpha value is -2.23. The molecule has 1 heterocycles. The highest BCUT2D eigenvalue weighted by atomic mass is 19.1. The van der Waals surface area contributed by atoms with Crippen LogP contribution in [-0.2, 0) is 11.2 Å². The molecule has 0 radical (unpaired) electrons. The monoisotopic (exact) mass is 243 g/mol. The predicted molar refractivity (Wildman–Crippen MR) is 63.8 cm³/mol. The number of benzene rings is 1. The van der Waals surface area contributed by atoms with E-state index >= 15 is 0 Å². The van der Waals surface area contributed by atoms with Gasteiger partial charge in [-0.1, -0.05) is 6.07 Å². The number of carbonyl (C=O) groups is 1. The molecule has 1 aromatic carbocycles. The maximum atomic E-state index is 13.7. The summed E-state index contributed by atoms with van der Waals surface area (Å²) in [5.74, 6) is -0.704. The van der Waals surface area contributed by atoms with Crippen LogP contribution in [0.5, 0.6) is 0 Å². The Morgan fingerprint density at radius 2 is 2.17 bits per heavy atom. The minimum absolute atomic E-state index is 0.322. The van der Waals surface area contributed by atoms with E-state index in [1.807, 2.05) is 0 Å². The van der Waals surface area contributed by atoms with Crippen molar-refractivity contribution in [1.82, 2.24) is 4.98 Å². The van der Waals surface area contributed by atoms with Crippen molar-refractivity contribution in [1.29, 1.82) is 0 Å². The van der Waals surface area contributed by atoms with Gasteiger partial charge in [0.2, 0.25) is 0 Å². The van der Waals surface area contributed by atoms with Crippen LogP contribution in [0.25, 0.3) is 11.1 Å². The van der Waals surface area contributed by atoms with Gasteiger partial charge in [-0.15, -0.1) is 0 Å². The molecule has 1 aromatic heterocycles. The van der Waals surface area contributed by atoms with Gasteiger partial charge in [0, 0.05) is 18.2 Å². The smallest absolute Gasteiger partial charge is 0.337 e. The van der Waals surface area contributed by atoms with Crippen LogP contribution in [0.3, 0.4) is 0 Å². The molecule has 0 spiro atoms. The standard InChI is InChI=1S/C14H10FNO2/c1-18-14(17)8-2-3-11-9(4-8)5-10-6-16-7-12(15)13(10)11/h2-4,6-7H,5H2,1H3. The van der Waals surface area contributed by atoms with Crippen molar-refractivity contribution in [3.8, 4) is 11.1 Å². The molecular weight excluding hydrogens is 233 g/mol. The molecule has 0 amide bonds. The van der Waals surface area contributed by atoms with E-state index in [0.29, 0.717) is 17.5 Å². The van der Waals surface area contributed by atoms with Crippen LogP contribution in [0.2, 0.25) is 0 Å². The quantitative estimate of drug-likeness (QED) is 0.617. The number of ether oxygens (including phenoxy) is 1. The molecule has 0 unspecified atom stereocenters. The summed E-state index contributed by atoms with van der Waals surface area (Å²) in [6.45, 7) is 0. The van der Waals surface area contributed by atoms with Crippen LogP contribution in [0.1, 0.15) is 21.5 Å². The first-order chi connectivity index (χ1) is 8.70. The van der Waals surface area contributed by atoms with Crippen molar-refractivity contribution in [3.05, 3.63) is 53.1 Å². The van der Waals surface area contributed by atoms with Crippen molar-refractivity contribution in [2.75, 3.05) is 7.11 Å². The first-order valence-electron chi connectivity index (χ1n) is 5.54. The van der Waals surface area contributed by atoms with Crippen molar-refractivity contribution in [2.24, 2.45) is 0 Å². The Kier molecular flexibility index (Phi) is 2.37. The zero-order valence-electron chi connectivity index (χ0n) is 9.74. The molecule has 0 fully saturated rings. The van der Waals surface area contributed by atoms with Crippen LogP contribution in [0, 0.1) is 5.82 Å². The van der Waals surface area contributed by atoms with Gasteiger partial charge in [-0.05, 0) is 28.8 Å². The predicted octanol–water partition coefficient (Wildman–Crippen LogP) is 2.58. The van der Waals surface area contributed by atoms with E-state index in [9.17, 15) is 9.18 Å². The van der Waals surface area contributed by atoms with Crippen molar-refractivity contribution in [3.63, 3.8) is 0 Å². The van der Waals surface area contributed by atoms with Gasteiger partial charge in [0.15, 0.2) is 0 Å². The fraction of sp³-hybridized carbons (Fsp3) is 0.143. The number of halogens is 1. The maximum absolute atomic E-state index is 13.7. The van der Waals surface area contributed by atoms with Gasteiger partial charge in [0.05, 0.1) is 18.9 Å². The van der Waals surface area contributed by atoms with E-state index in [1.54, 1.807) is 24.4 Å². The van der Waals surface area contributed by atoms with Gasteiger partial charge in [-0.3, -0.25) is 4.98 Å². The summed E-state index contributed by atoms with van der Waals surface area (Å²) in [6.07, 6.45) is 3.47. The Labute approximate surface area is 103 Å². The molecule has 3 nitrogen and oxygen atoms in total. The summed E-state index contributed by atoms with van der Waals surface area (Å²) >= 11 is 0. The number of rotatable bonds is 1. The van der Waals surface area contributed by atoms with E-state index in [2.05, 4.69) is 9.72 Å². The second-order valence-corrected chi connectivity index (χ2v) is 4.20. The fourth-order valence-corrected chi connectivity index (χ4v) is 2.34. The lowest BCUT2D eigenvalue weighted by atomic mass is 10.0. The molecule has 0 saturated heterocycles. The lowest BCUT2D eigenvalue weighted by Crippen LogP contribution is -2.01. The number of esters is 1. The molecule has 0 saturated carbocycles. The number of fused-ring (bicyclic) bond motifs is 3. The molecule has 1 aliphatic rings. The van der Waals surface area contributed by atoms with Crippen LogP contribution < -0.4 is 0 Å². The minimum atomic E-state index is -0.382. The van der Waals surface area contributed by atoms with Crippen LogP contribution >= 0.6 is 0 Å². The van der Waals surface area contributed by atoms with Crippen LogP contribution in [-0.4, -0.2) is 18.1 Å². The number of aromatic nitrogens is 1. The highest BCUT2D eigenvalue weighted by Gasteiger charge is 2.23. The first-order valence-corrected chi connectivity index (χ1v) is 5.54. The number of hydrogen-bond acceptors (Lipinski definition) is 3.